The number of hydrogen-bond acceptors (Lipinski definition) is 5. The summed E-state index contributed by atoms with van der Waals surface area (Å²) in [5.41, 5.74) is 1.94. The molecule has 8 heteroatoms. The van der Waals surface area contributed by atoms with Crippen LogP contribution in [-0.4, -0.2) is 25.1 Å². The number of benzene rings is 3. The molecule has 0 spiro atoms. The van der Waals surface area contributed by atoms with Gasteiger partial charge >= 0.3 is 0 Å². The number of ether oxygens (including phenoxy) is 2. The summed E-state index contributed by atoms with van der Waals surface area (Å²) in [7, 11) is 3.18. The Morgan fingerprint density at radius 1 is 1.00 bits per heavy atom. The van der Waals surface area contributed by atoms with E-state index in [1.807, 2.05) is 36.4 Å². The highest BCUT2D eigenvalue weighted by molar-refractivity contribution is 7.22. The molecule has 0 unspecified atom stereocenters. The molecule has 0 fully saturated rings. The van der Waals surface area contributed by atoms with Gasteiger partial charge in [0.05, 0.1) is 31.4 Å². The summed E-state index contributed by atoms with van der Waals surface area (Å²) in [6.45, 7) is 0.323. The minimum absolute atomic E-state index is 0.275. The highest BCUT2D eigenvalue weighted by atomic mass is 35.5. The van der Waals surface area contributed by atoms with Crippen molar-refractivity contribution < 1.29 is 14.3 Å². The first-order chi connectivity index (χ1) is 15.0. The molecule has 0 N–H and O–H groups in total. The monoisotopic (exact) mass is 472 g/mol. The summed E-state index contributed by atoms with van der Waals surface area (Å²) in [4.78, 5) is 19.9. The zero-order valence-electron chi connectivity index (χ0n) is 16.8. The maximum Gasteiger partial charge on any atom is 0.261 e. The Hall–Kier alpha value is -2.80. The zero-order chi connectivity index (χ0) is 22.0. The van der Waals surface area contributed by atoms with E-state index in [1.165, 1.54) is 11.3 Å². The number of hydrogen-bond donors (Lipinski definition) is 0. The van der Waals surface area contributed by atoms with E-state index in [0.717, 1.165) is 10.3 Å². The van der Waals surface area contributed by atoms with Crippen molar-refractivity contribution in [1.29, 1.82) is 0 Å². The molecule has 1 heterocycles. The molecule has 4 rings (SSSR count). The largest absolute Gasteiger partial charge is 0.495 e. The van der Waals surface area contributed by atoms with Crippen LogP contribution in [0.1, 0.15) is 15.9 Å². The molecule has 0 aliphatic carbocycles. The topological polar surface area (TPSA) is 51.7 Å². The number of rotatable bonds is 6. The van der Waals surface area contributed by atoms with Crippen molar-refractivity contribution in [2.75, 3.05) is 19.1 Å². The predicted molar refractivity (Wildman–Crippen MR) is 126 cm³/mol. The van der Waals surface area contributed by atoms with Crippen molar-refractivity contribution in [3.05, 3.63) is 81.8 Å². The summed E-state index contributed by atoms with van der Waals surface area (Å²) in [5, 5.41) is 1.26. The number of carbonyl (C=O) groups excluding carboxylic acids is 1. The van der Waals surface area contributed by atoms with Crippen molar-refractivity contribution in [1.82, 2.24) is 4.98 Å². The van der Waals surface area contributed by atoms with Crippen LogP contribution in [0.25, 0.3) is 10.2 Å². The molecule has 1 aromatic heterocycles. The van der Waals surface area contributed by atoms with Crippen LogP contribution in [0.15, 0.2) is 60.7 Å². The van der Waals surface area contributed by atoms with Gasteiger partial charge in [0.25, 0.3) is 5.91 Å². The second-order valence-electron chi connectivity index (χ2n) is 6.65. The molecule has 5 nitrogen and oxygen atoms in total. The highest BCUT2D eigenvalue weighted by Gasteiger charge is 2.25. The van der Waals surface area contributed by atoms with E-state index in [0.29, 0.717) is 39.3 Å². The fraction of sp³-hybridized carbons (Fsp3) is 0.130. The molecule has 0 atom stereocenters. The van der Waals surface area contributed by atoms with Gasteiger partial charge in [0.1, 0.15) is 21.7 Å². The molecule has 0 aliphatic heterocycles. The van der Waals surface area contributed by atoms with E-state index in [4.69, 9.17) is 37.7 Å². The third-order valence-electron chi connectivity index (χ3n) is 4.72. The van der Waals surface area contributed by atoms with Crippen molar-refractivity contribution >= 4 is 55.8 Å². The number of amides is 1. The van der Waals surface area contributed by atoms with Crippen LogP contribution in [0, 0.1) is 0 Å². The number of thiazole rings is 1. The van der Waals surface area contributed by atoms with Crippen LogP contribution in [0.4, 0.5) is 5.13 Å². The Kier molecular flexibility index (Phi) is 6.32. The van der Waals surface area contributed by atoms with Gasteiger partial charge in [0.15, 0.2) is 5.13 Å². The van der Waals surface area contributed by atoms with Crippen LogP contribution < -0.4 is 14.4 Å². The Labute approximate surface area is 193 Å². The van der Waals surface area contributed by atoms with Crippen molar-refractivity contribution in [2.45, 2.75) is 6.54 Å². The molecule has 4 aromatic rings. The van der Waals surface area contributed by atoms with E-state index in [-0.39, 0.29) is 10.9 Å². The molecule has 158 valence electrons. The average Bonchev–Trinajstić information content (AvgIpc) is 3.22. The highest BCUT2D eigenvalue weighted by Crippen LogP contribution is 2.41. The van der Waals surface area contributed by atoms with Gasteiger partial charge in [0, 0.05) is 5.02 Å². The van der Waals surface area contributed by atoms with E-state index >= 15 is 0 Å². The smallest absolute Gasteiger partial charge is 0.261 e. The van der Waals surface area contributed by atoms with Gasteiger partial charge in [0.2, 0.25) is 0 Å². The minimum atomic E-state index is -0.275. The quantitative estimate of drug-likeness (QED) is 0.322. The first-order valence-corrected chi connectivity index (χ1v) is 10.9. The Morgan fingerprint density at radius 2 is 1.71 bits per heavy atom. The first-order valence-electron chi connectivity index (χ1n) is 9.34. The van der Waals surface area contributed by atoms with E-state index < -0.39 is 0 Å². The summed E-state index contributed by atoms with van der Waals surface area (Å²) in [5.74, 6) is 0.994. The van der Waals surface area contributed by atoms with Crippen LogP contribution in [-0.2, 0) is 6.54 Å². The molecule has 0 saturated heterocycles. The Bertz CT molecular complexity index is 1200. The van der Waals surface area contributed by atoms with Gasteiger partial charge in [-0.1, -0.05) is 64.9 Å². The van der Waals surface area contributed by atoms with Crippen LogP contribution in [0.5, 0.6) is 11.5 Å². The molecule has 1 amide bonds. The number of anilines is 1. The van der Waals surface area contributed by atoms with Gasteiger partial charge in [-0.2, -0.15) is 0 Å². The Balaban J connectivity index is 1.85. The summed E-state index contributed by atoms with van der Waals surface area (Å²) in [6, 6.07) is 18.1. The van der Waals surface area contributed by atoms with Crippen LogP contribution >= 0.6 is 34.5 Å². The molecular formula is C23H18Cl2N2O3S. The lowest BCUT2D eigenvalue weighted by Crippen LogP contribution is -2.30. The molecule has 0 bridgehead atoms. The zero-order valence-corrected chi connectivity index (χ0v) is 19.1. The molecular weight excluding hydrogens is 455 g/mol. The lowest BCUT2D eigenvalue weighted by atomic mass is 10.1. The summed E-state index contributed by atoms with van der Waals surface area (Å²) in [6.07, 6.45) is 0. The maximum atomic E-state index is 13.6. The van der Waals surface area contributed by atoms with Gasteiger partial charge in [-0.15, -0.1) is 0 Å². The maximum absolute atomic E-state index is 13.6. The number of methoxy groups -OCH3 is 2. The van der Waals surface area contributed by atoms with E-state index in [2.05, 4.69) is 0 Å². The summed E-state index contributed by atoms with van der Waals surface area (Å²) >= 11 is 13.7. The average molecular weight is 473 g/mol. The number of halogens is 2. The standard InChI is InChI=1S/C23H18Cl2N2O3S/c1-29-18-10-11-19(30-2)21-20(18)26-23(31-21)27(13-14-6-4-3-5-7-14)22(28)16-9-8-15(24)12-17(16)25/h3-12H,13H2,1-2H3. The third-order valence-corrected chi connectivity index (χ3v) is 6.36. The molecule has 0 aliphatic rings. The van der Waals surface area contributed by atoms with Crippen molar-refractivity contribution in [2.24, 2.45) is 0 Å². The fourth-order valence-corrected chi connectivity index (χ4v) is 4.75. The van der Waals surface area contributed by atoms with Gasteiger partial charge < -0.3 is 9.47 Å². The fourth-order valence-electron chi connectivity index (χ4n) is 3.19. The molecule has 31 heavy (non-hydrogen) atoms. The lowest BCUT2D eigenvalue weighted by Gasteiger charge is -2.20. The van der Waals surface area contributed by atoms with Crippen LogP contribution in [0.2, 0.25) is 10.0 Å². The second kappa shape index (κ2) is 9.14. The first kappa shape index (κ1) is 21.4. The van der Waals surface area contributed by atoms with Gasteiger partial charge in [-0.3, -0.25) is 9.69 Å². The second-order valence-corrected chi connectivity index (χ2v) is 8.47. The van der Waals surface area contributed by atoms with Crippen molar-refractivity contribution in [3.63, 3.8) is 0 Å². The normalized spacial score (nSPS) is 10.8. The molecule has 0 saturated carbocycles. The van der Waals surface area contributed by atoms with Crippen LogP contribution in [0.3, 0.4) is 0 Å². The molecule has 3 aromatic carbocycles. The van der Waals surface area contributed by atoms with E-state index in [9.17, 15) is 4.79 Å². The number of carbonyl (C=O) groups is 1. The lowest BCUT2D eigenvalue weighted by molar-refractivity contribution is 0.0985. The Morgan fingerprint density at radius 3 is 2.39 bits per heavy atom. The predicted octanol–water partition coefficient (Wildman–Crippen LogP) is 6.47. The van der Waals surface area contributed by atoms with Gasteiger partial charge in [-0.05, 0) is 35.9 Å². The summed E-state index contributed by atoms with van der Waals surface area (Å²) < 4.78 is 11.8. The minimum Gasteiger partial charge on any atom is -0.495 e. The van der Waals surface area contributed by atoms with Gasteiger partial charge in [-0.25, -0.2) is 4.98 Å². The number of fused-ring (bicyclic) bond motifs is 1. The molecule has 0 radical (unpaired) electrons. The SMILES string of the molecule is COc1ccc(OC)c2sc(N(Cc3ccccc3)C(=O)c3ccc(Cl)cc3Cl)nc12. The van der Waals surface area contributed by atoms with Crippen molar-refractivity contribution in [3.8, 4) is 11.5 Å². The number of aromatic nitrogens is 1. The van der Waals surface area contributed by atoms with E-state index in [1.54, 1.807) is 43.4 Å². The third kappa shape index (κ3) is 4.32. The number of nitrogens with zero attached hydrogens (tertiary/aromatic N) is 2.